The molecule has 2 unspecified atom stereocenters. The van der Waals surface area contributed by atoms with Crippen LogP contribution in [0, 0.1) is 0 Å². The van der Waals surface area contributed by atoms with Crippen molar-refractivity contribution < 1.29 is 14.3 Å². The summed E-state index contributed by atoms with van der Waals surface area (Å²) in [5.41, 5.74) is 0.975. The fourth-order valence-corrected chi connectivity index (χ4v) is 3.24. The van der Waals surface area contributed by atoms with Crippen molar-refractivity contribution >= 4 is 5.91 Å². The summed E-state index contributed by atoms with van der Waals surface area (Å²) in [5.74, 6) is 1.74. The number of carbonyl (C=O) groups excluding carboxylic acids is 1. The number of hydrogen-bond acceptors (Lipinski definition) is 3. The number of nitrogens with one attached hydrogen (secondary N) is 1. The second kappa shape index (κ2) is 5.00. The molecule has 4 heteroatoms. The number of rotatable bonds is 2. The maximum Gasteiger partial charge on any atom is 0.221 e. The van der Waals surface area contributed by atoms with E-state index in [0.717, 1.165) is 29.9 Å². The van der Waals surface area contributed by atoms with Gasteiger partial charge in [-0.3, -0.25) is 4.79 Å². The summed E-state index contributed by atoms with van der Waals surface area (Å²) in [4.78, 5) is 11.8. The first-order valence-corrected chi connectivity index (χ1v) is 7.33. The Morgan fingerprint density at radius 3 is 2.80 bits per heavy atom. The zero-order valence-corrected chi connectivity index (χ0v) is 12.1. The molecular formula is C16H21NO3. The van der Waals surface area contributed by atoms with E-state index in [2.05, 4.69) is 25.2 Å². The molecule has 2 atom stereocenters. The second-order valence-electron chi connectivity index (χ2n) is 5.83. The van der Waals surface area contributed by atoms with Crippen molar-refractivity contribution in [2.75, 3.05) is 13.2 Å². The van der Waals surface area contributed by atoms with Crippen LogP contribution in [0.3, 0.4) is 0 Å². The van der Waals surface area contributed by atoms with Crippen LogP contribution >= 0.6 is 0 Å². The number of amides is 1. The first kappa shape index (κ1) is 13.3. The van der Waals surface area contributed by atoms with Gasteiger partial charge in [-0.05, 0) is 24.1 Å². The van der Waals surface area contributed by atoms with Gasteiger partial charge in [0.15, 0.2) is 11.5 Å². The molecule has 1 N–H and O–H groups in total. The summed E-state index contributed by atoms with van der Waals surface area (Å²) >= 11 is 0. The van der Waals surface area contributed by atoms with Gasteiger partial charge in [0.2, 0.25) is 5.91 Å². The number of ether oxygens (including phenoxy) is 2. The van der Waals surface area contributed by atoms with E-state index in [1.54, 1.807) is 0 Å². The minimum absolute atomic E-state index is 0.131. The third kappa shape index (κ3) is 2.13. The zero-order chi connectivity index (χ0) is 14.2. The van der Waals surface area contributed by atoms with Crippen molar-refractivity contribution in [2.45, 2.75) is 44.6 Å². The van der Waals surface area contributed by atoms with Gasteiger partial charge < -0.3 is 14.8 Å². The van der Waals surface area contributed by atoms with Crippen LogP contribution in [-0.4, -0.2) is 25.2 Å². The van der Waals surface area contributed by atoms with E-state index in [1.165, 1.54) is 0 Å². The Morgan fingerprint density at radius 1 is 1.30 bits per heavy atom. The molecule has 0 aliphatic carbocycles. The van der Waals surface area contributed by atoms with E-state index in [1.807, 2.05) is 12.1 Å². The molecule has 20 heavy (non-hydrogen) atoms. The summed E-state index contributed by atoms with van der Waals surface area (Å²) in [6, 6.07) is 6.26. The molecule has 1 amide bonds. The highest BCUT2D eigenvalue weighted by Gasteiger charge is 2.43. The van der Waals surface area contributed by atoms with Crippen molar-refractivity contribution in [1.29, 1.82) is 0 Å². The molecule has 1 saturated heterocycles. The highest BCUT2D eigenvalue weighted by molar-refractivity contribution is 5.81. The predicted octanol–water partition coefficient (Wildman–Crippen LogP) is 2.40. The number of hydrogen-bond donors (Lipinski definition) is 1. The lowest BCUT2D eigenvalue weighted by atomic mass is 9.75. The molecule has 2 aliphatic rings. The lowest BCUT2D eigenvalue weighted by molar-refractivity contribution is -0.119. The largest absolute Gasteiger partial charge is 0.490 e. The van der Waals surface area contributed by atoms with Gasteiger partial charge in [-0.25, -0.2) is 0 Å². The third-order valence-corrected chi connectivity index (χ3v) is 4.45. The minimum Gasteiger partial charge on any atom is -0.490 e. The molecule has 0 saturated carbocycles. The molecule has 2 heterocycles. The maximum atomic E-state index is 11.8. The van der Waals surface area contributed by atoms with Crippen LogP contribution in [0.1, 0.15) is 38.7 Å². The lowest BCUT2D eigenvalue weighted by Gasteiger charge is -2.30. The van der Waals surface area contributed by atoms with E-state index in [4.69, 9.17) is 9.47 Å². The topological polar surface area (TPSA) is 47.6 Å². The Morgan fingerprint density at radius 2 is 2.05 bits per heavy atom. The van der Waals surface area contributed by atoms with Crippen LogP contribution < -0.4 is 14.8 Å². The molecule has 0 bridgehead atoms. The van der Waals surface area contributed by atoms with Crippen molar-refractivity contribution in [2.24, 2.45) is 0 Å². The molecular weight excluding hydrogens is 254 g/mol. The maximum absolute atomic E-state index is 11.8. The van der Waals surface area contributed by atoms with Crippen LogP contribution in [0.2, 0.25) is 0 Å². The molecule has 1 aromatic carbocycles. The minimum atomic E-state index is -0.170. The zero-order valence-electron chi connectivity index (χ0n) is 12.1. The van der Waals surface area contributed by atoms with Gasteiger partial charge >= 0.3 is 0 Å². The first-order chi connectivity index (χ1) is 9.63. The lowest BCUT2D eigenvalue weighted by Crippen LogP contribution is -2.37. The van der Waals surface area contributed by atoms with E-state index in [-0.39, 0.29) is 17.4 Å². The summed E-state index contributed by atoms with van der Waals surface area (Å²) in [5, 5.41) is 3.07. The van der Waals surface area contributed by atoms with Crippen molar-refractivity contribution in [3.63, 3.8) is 0 Å². The molecule has 0 radical (unpaired) electrons. The predicted molar refractivity (Wildman–Crippen MR) is 76.2 cm³/mol. The van der Waals surface area contributed by atoms with Gasteiger partial charge in [0, 0.05) is 24.3 Å². The van der Waals surface area contributed by atoms with E-state index >= 15 is 0 Å². The second-order valence-corrected chi connectivity index (χ2v) is 5.83. The van der Waals surface area contributed by atoms with Gasteiger partial charge in [-0.15, -0.1) is 0 Å². The van der Waals surface area contributed by atoms with Gasteiger partial charge in [0.05, 0.1) is 13.2 Å². The number of benzene rings is 1. The van der Waals surface area contributed by atoms with E-state index in [9.17, 15) is 4.79 Å². The summed E-state index contributed by atoms with van der Waals surface area (Å²) in [7, 11) is 0. The van der Waals surface area contributed by atoms with E-state index < -0.39 is 0 Å². The van der Waals surface area contributed by atoms with Gasteiger partial charge in [0.1, 0.15) is 0 Å². The van der Waals surface area contributed by atoms with Crippen LogP contribution in [0.5, 0.6) is 11.5 Å². The Bertz CT molecular complexity index is 528. The van der Waals surface area contributed by atoms with Crippen molar-refractivity contribution in [3.05, 3.63) is 23.8 Å². The third-order valence-electron chi connectivity index (χ3n) is 4.45. The summed E-state index contributed by atoms with van der Waals surface area (Å²) in [6.07, 6.45) is 2.36. The van der Waals surface area contributed by atoms with E-state index in [0.29, 0.717) is 19.6 Å². The molecule has 3 rings (SSSR count). The Labute approximate surface area is 119 Å². The Hall–Kier alpha value is -1.71. The Balaban J connectivity index is 1.97. The highest BCUT2D eigenvalue weighted by Crippen LogP contribution is 2.41. The van der Waals surface area contributed by atoms with Gasteiger partial charge in [0.25, 0.3) is 0 Å². The molecule has 0 spiro atoms. The SMILES string of the molecule is CCC1NC(=O)CC1(C)c1ccc2c(c1)OCCCO2. The van der Waals surface area contributed by atoms with Crippen LogP contribution in [-0.2, 0) is 10.2 Å². The molecule has 1 fully saturated rings. The normalized spacial score (nSPS) is 28.9. The van der Waals surface area contributed by atoms with Gasteiger partial charge in [-0.1, -0.05) is 19.9 Å². The quantitative estimate of drug-likeness (QED) is 0.901. The molecule has 108 valence electrons. The molecule has 0 aromatic heterocycles. The smallest absolute Gasteiger partial charge is 0.221 e. The first-order valence-electron chi connectivity index (χ1n) is 7.33. The molecule has 4 nitrogen and oxygen atoms in total. The standard InChI is InChI=1S/C16H21NO3/c1-3-14-16(2,10-15(18)17-14)11-5-6-12-13(9-11)20-8-4-7-19-12/h5-6,9,14H,3-4,7-8,10H2,1-2H3,(H,17,18). The highest BCUT2D eigenvalue weighted by atomic mass is 16.5. The van der Waals surface area contributed by atoms with Crippen LogP contribution in [0.25, 0.3) is 0 Å². The van der Waals surface area contributed by atoms with Crippen LogP contribution in [0.15, 0.2) is 18.2 Å². The summed E-state index contributed by atoms with van der Waals surface area (Å²) in [6.45, 7) is 5.64. The molecule has 1 aromatic rings. The summed E-state index contributed by atoms with van der Waals surface area (Å²) < 4.78 is 11.4. The molecule has 2 aliphatic heterocycles. The fourth-order valence-electron chi connectivity index (χ4n) is 3.24. The monoisotopic (exact) mass is 275 g/mol. The average molecular weight is 275 g/mol. The number of carbonyl (C=O) groups is 1. The number of fused-ring (bicyclic) bond motifs is 1. The Kier molecular flexibility index (Phi) is 3.32. The van der Waals surface area contributed by atoms with Crippen molar-refractivity contribution in [1.82, 2.24) is 5.32 Å². The average Bonchev–Trinajstić information content (AvgIpc) is 2.63. The fraction of sp³-hybridized carbons (Fsp3) is 0.562. The van der Waals surface area contributed by atoms with Gasteiger partial charge in [-0.2, -0.15) is 0 Å². The van der Waals surface area contributed by atoms with Crippen molar-refractivity contribution in [3.8, 4) is 11.5 Å². The van der Waals surface area contributed by atoms with Crippen LogP contribution in [0.4, 0.5) is 0 Å².